The van der Waals surface area contributed by atoms with Crippen LogP contribution in [0, 0.1) is 16.0 Å². The van der Waals surface area contributed by atoms with Gasteiger partial charge >= 0.3 is 0 Å². The number of nitrogens with zero attached hydrogens (tertiary/aromatic N) is 2. The molecule has 0 radical (unpaired) electrons. The Labute approximate surface area is 210 Å². The summed E-state index contributed by atoms with van der Waals surface area (Å²) < 4.78 is 5.63. The summed E-state index contributed by atoms with van der Waals surface area (Å²) in [5.41, 5.74) is 2.57. The molecule has 2 saturated heterocycles. The highest BCUT2D eigenvalue weighted by atomic mass is 16.6. The average molecular weight is 493 g/mol. The second-order valence-electron chi connectivity index (χ2n) is 9.42. The van der Waals surface area contributed by atoms with Crippen molar-refractivity contribution in [3.8, 4) is 0 Å². The molecule has 2 fully saturated rings. The summed E-state index contributed by atoms with van der Waals surface area (Å²) in [6, 6.07) is 11.3. The Balaban J connectivity index is 1.47. The van der Waals surface area contributed by atoms with Gasteiger partial charge in [0.15, 0.2) is 0 Å². The van der Waals surface area contributed by atoms with Crippen LogP contribution in [0.1, 0.15) is 48.5 Å². The predicted molar refractivity (Wildman–Crippen MR) is 139 cm³/mol. The Morgan fingerprint density at radius 2 is 1.89 bits per heavy atom. The molecule has 9 heteroatoms. The molecule has 1 atom stereocenters. The molecule has 2 heterocycles. The number of rotatable bonds is 8. The van der Waals surface area contributed by atoms with Gasteiger partial charge in [0, 0.05) is 55.8 Å². The Kier molecular flexibility index (Phi) is 8.32. The van der Waals surface area contributed by atoms with E-state index in [0.717, 1.165) is 51.1 Å². The topological polar surface area (TPSA) is 114 Å². The Hall–Kier alpha value is -3.72. The molecule has 2 aliphatic heterocycles. The van der Waals surface area contributed by atoms with Crippen LogP contribution in [-0.4, -0.2) is 49.1 Å². The lowest BCUT2D eigenvalue weighted by atomic mass is 9.97. The number of benzene rings is 2. The van der Waals surface area contributed by atoms with Crippen molar-refractivity contribution in [3.63, 3.8) is 0 Å². The van der Waals surface area contributed by atoms with Gasteiger partial charge in [0.25, 0.3) is 11.6 Å². The fraction of sp³-hybridized carbons (Fsp3) is 0.407. The van der Waals surface area contributed by atoms with E-state index in [-0.39, 0.29) is 23.6 Å². The van der Waals surface area contributed by atoms with Gasteiger partial charge in [0.05, 0.1) is 16.6 Å². The van der Waals surface area contributed by atoms with Gasteiger partial charge in [-0.1, -0.05) is 6.92 Å². The molecule has 0 spiro atoms. The third kappa shape index (κ3) is 6.69. The van der Waals surface area contributed by atoms with Crippen LogP contribution in [0.25, 0.3) is 6.08 Å². The second-order valence-corrected chi connectivity index (χ2v) is 9.42. The van der Waals surface area contributed by atoms with Crippen molar-refractivity contribution < 1.29 is 19.2 Å². The molecule has 1 unspecified atom stereocenters. The maximum Gasteiger partial charge on any atom is 0.269 e. The van der Waals surface area contributed by atoms with E-state index in [2.05, 4.69) is 22.5 Å². The van der Waals surface area contributed by atoms with Gasteiger partial charge in [-0.15, -0.1) is 0 Å². The number of nitro groups is 1. The number of piperidine rings is 1. The summed E-state index contributed by atoms with van der Waals surface area (Å²) in [5, 5.41) is 16.6. The van der Waals surface area contributed by atoms with Crippen LogP contribution in [0.2, 0.25) is 0 Å². The van der Waals surface area contributed by atoms with Gasteiger partial charge in [-0.3, -0.25) is 19.7 Å². The maximum absolute atomic E-state index is 13.2. The van der Waals surface area contributed by atoms with Crippen LogP contribution in [0.3, 0.4) is 0 Å². The van der Waals surface area contributed by atoms with Gasteiger partial charge < -0.3 is 20.3 Å². The van der Waals surface area contributed by atoms with E-state index in [9.17, 15) is 19.7 Å². The number of hydrogen-bond acceptors (Lipinski definition) is 6. The first kappa shape index (κ1) is 25.4. The van der Waals surface area contributed by atoms with Crippen molar-refractivity contribution in [2.24, 2.45) is 5.92 Å². The number of nitro benzene ring substituents is 1. The second kappa shape index (κ2) is 11.8. The van der Waals surface area contributed by atoms with E-state index < -0.39 is 4.92 Å². The quantitative estimate of drug-likeness (QED) is 0.321. The lowest BCUT2D eigenvalue weighted by molar-refractivity contribution is -0.384. The van der Waals surface area contributed by atoms with Gasteiger partial charge in [0.1, 0.15) is 0 Å². The number of hydrogen-bond donors (Lipinski definition) is 2. The molecule has 2 amide bonds. The van der Waals surface area contributed by atoms with Crippen LogP contribution in [0.4, 0.5) is 17.1 Å². The predicted octanol–water partition coefficient (Wildman–Crippen LogP) is 4.39. The van der Waals surface area contributed by atoms with Crippen molar-refractivity contribution >= 4 is 35.0 Å². The molecule has 9 nitrogen and oxygen atoms in total. The molecule has 0 aromatic heterocycles. The zero-order valence-electron chi connectivity index (χ0n) is 20.4. The smallest absolute Gasteiger partial charge is 0.269 e. The molecular weight excluding hydrogens is 460 g/mol. The van der Waals surface area contributed by atoms with Crippen molar-refractivity contribution in [1.82, 2.24) is 5.32 Å². The molecule has 2 N–H and O–H groups in total. The summed E-state index contributed by atoms with van der Waals surface area (Å²) in [4.78, 5) is 38.3. The van der Waals surface area contributed by atoms with Gasteiger partial charge in [-0.2, -0.15) is 0 Å². The Morgan fingerprint density at radius 3 is 2.56 bits per heavy atom. The van der Waals surface area contributed by atoms with Crippen molar-refractivity contribution in [2.75, 3.05) is 36.5 Å². The maximum atomic E-state index is 13.2. The van der Waals surface area contributed by atoms with Crippen LogP contribution in [0.15, 0.2) is 48.5 Å². The number of carbonyl (C=O) groups is 2. The summed E-state index contributed by atoms with van der Waals surface area (Å²) in [6.07, 6.45) is 7.07. The van der Waals surface area contributed by atoms with Crippen LogP contribution in [-0.2, 0) is 9.53 Å². The molecule has 36 heavy (non-hydrogen) atoms. The van der Waals surface area contributed by atoms with Crippen LogP contribution >= 0.6 is 0 Å². The van der Waals surface area contributed by atoms with Gasteiger partial charge in [0.2, 0.25) is 5.91 Å². The fourth-order valence-electron chi connectivity index (χ4n) is 4.49. The zero-order valence-corrected chi connectivity index (χ0v) is 20.4. The van der Waals surface area contributed by atoms with E-state index >= 15 is 0 Å². The summed E-state index contributed by atoms with van der Waals surface area (Å²) in [7, 11) is 0. The largest absolute Gasteiger partial charge is 0.376 e. The molecule has 2 aromatic carbocycles. The van der Waals surface area contributed by atoms with Crippen molar-refractivity contribution in [2.45, 2.75) is 38.7 Å². The summed E-state index contributed by atoms with van der Waals surface area (Å²) >= 11 is 0. The third-order valence-corrected chi connectivity index (χ3v) is 6.68. The van der Waals surface area contributed by atoms with E-state index in [1.54, 1.807) is 24.3 Å². The van der Waals surface area contributed by atoms with E-state index in [0.29, 0.717) is 29.3 Å². The molecule has 0 aliphatic carbocycles. The van der Waals surface area contributed by atoms with Crippen LogP contribution < -0.4 is 15.5 Å². The van der Waals surface area contributed by atoms with Crippen molar-refractivity contribution in [3.05, 3.63) is 69.8 Å². The first-order valence-corrected chi connectivity index (χ1v) is 12.4. The lowest BCUT2D eigenvalue weighted by Gasteiger charge is -2.33. The standard InChI is InChI=1S/C27H32N4O5/c1-19-12-14-30(15-13-19)25-10-7-21(17-24(25)27(33)28-18-23-3-2-16-36-23)29-26(32)11-6-20-4-8-22(9-5-20)31(34)35/h4-11,17,19,23H,2-3,12-16,18H2,1H3,(H,28,33)(H,29,32)/b11-6+. The Bertz CT molecular complexity index is 1120. The highest BCUT2D eigenvalue weighted by molar-refractivity contribution is 6.05. The molecule has 2 aromatic rings. The van der Waals surface area contributed by atoms with Gasteiger partial charge in [-0.25, -0.2) is 0 Å². The monoisotopic (exact) mass is 492 g/mol. The molecule has 0 bridgehead atoms. The summed E-state index contributed by atoms with van der Waals surface area (Å²) in [6.45, 7) is 5.21. The first-order valence-electron chi connectivity index (χ1n) is 12.4. The van der Waals surface area contributed by atoms with E-state index in [1.807, 2.05) is 12.1 Å². The number of non-ortho nitro benzene ring substituents is 1. The molecule has 2 aliphatic rings. The van der Waals surface area contributed by atoms with Crippen LogP contribution in [0.5, 0.6) is 0 Å². The van der Waals surface area contributed by atoms with E-state index in [4.69, 9.17) is 4.74 Å². The minimum absolute atomic E-state index is 0.00912. The molecule has 0 saturated carbocycles. The normalized spacial score (nSPS) is 18.4. The Morgan fingerprint density at radius 1 is 1.14 bits per heavy atom. The summed E-state index contributed by atoms with van der Waals surface area (Å²) in [5.74, 6) is 0.120. The number of carbonyl (C=O) groups excluding carboxylic acids is 2. The number of amides is 2. The molecular formula is C27H32N4O5. The fourth-order valence-corrected chi connectivity index (χ4v) is 4.49. The average Bonchev–Trinajstić information content (AvgIpc) is 3.41. The van der Waals surface area contributed by atoms with Crippen molar-refractivity contribution in [1.29, 1.82) is 0 Å². The molecule has 190 valence electrons. The van der Waals surface area contributed by atoms with E-state index in [1.165, 1.54) is 18.2 Å². The number of nitrogens with one attached hydrogen (secondary N) is 2. The number of anilines is 2. The third-order valence-electron chi connectivity index (χ3n) is 6.68. The number of ether oxygens (including phenoxy) is 1. The highest BCUT2D eigenvalue weighted by Gasteiger charge is 2.23. The zero-order chi connectivity index (χ0) is 25.5. The van der Waals surface area contributed by atoms with Gasteiger partial charge in [-0.05, 0) is 73.6 Å². The minimum atomic E-state index is -0.469. The first-order chi connectivity index (χ1) is 17.4. The minimum Gasteiger partial charge on any atom is -0.376 e. The lowest BCUT2D eigenvalue weighted by Crippen LogP contribution is -2.36. The molecule has 4 rings (SSSR count). The SMILES string of the molecule is CC1CCN(c2ccc(NC(=O)/C=C/c3ccc([N+](=O)[O-])cc3)cc2C(=O)NCC2CCCO2)CC1. The highest BCUT2D eigenvalue weighted by Crippen LogP contribution is 2.29.